The Hall–Kier alpha value is -1.14. The summed E-state index contributed by atoms with van der Waals surface area (Å²) in [6.07, 6.45) is 3.50. The lowest BCUT2D eigenvalue weighted by Crippen LogP contribution is -2.40. The largest absolute Gasteiger partial charge is 0.342 e. The summed E-state index contributed by atoms with van der Waals surface area (Å²) >= 11 is 3.29. The Morgan fingerprint density at radius 3 is 2.57 bits per heavy atom. The summed E-state index contributed by atoms with van der Waals surface area (Å²) in [6.45, 7) is 9.96. The van der Waals surface area contributed by atoms with Crippen LogP contribution in [-0.4, -0.2) is 39.1 Å². The number of aromatic nitrogens is 2. The first kappa shape index (κ1) is 16.7. The van der Waals surface area contributed by atoms with E-state index in [2.05, 4.69) is 23.8 Å². The number of hydrogen-bond donors (Lipinski definition) is 0. The van der Waals surface area contributed by atoms with Crippen LogP contribution in [-0.2, 0) is 4.79 Å². The fourth-order valence-corrected chi connectivity index (χ4v) is 5.27. The Bertz CT molecular complexity index is 735. The van der Waals surface area contributed by atoms with Crippen molar-refractivity contribution in [2.24, 2.45) is 0 Å². The van der Waals surface area contributed by atoms with Crippen LogP contribution in [0.25, 0.3) is 10.2 Å². The monoisotopic (exact) mass is 349 g/mol. The lowest BCUT2D eigenvalue weighted by molar-refractivity contribution is -0.131. The SMILES string of the molecule is Cc1nc(S[C@@H](C)C(=O)N2CCCCC2)c2c(C)c(C)sc2n1. The molecule has 6 heteroatoms. The highest BCUT2D eigenvalue weighted by atomic mass is 32.2. The number of piperidine rings is 1. The van der Waals surface area contributed by atoms with Gasteiger partial charge in [0.2, 0.25) is 5.91 Å². The minimum Gasteiger partial charge on any atom is -0.342 e. The van der Waals surface area contributed by atoms with Crippen LogP contribution in [0.15, 0.2) is 5.03 Å². The van der Waals surface area contributed by atoms with E-state index in [0.717, 1.165) is 47.0 Å². The second-order valence-corrected chi connectivity index (χ2v) is 8.72. The van der Waals surface area contributed by atoms with Crippen LogP contribution in [0.2, 0.25) is 0 Å². The molecule has 1 saturated heterocycles. The lowest BCUT2D eigenvalue weighted by Gasteiger charge is -2.29. The molecule has 1 fully saturated rings. The number of amides is 1. The van der Waals surface area contributed by atoms with E-state index in [4.69, 9.17) is 0 Å². The standard InChI is InChI=1S/C17H23N3OS2/c1-10-11(2)22-15-14(10)16(19-13(4)18-15)23-12(3)17(21)20-8-6-5-7-9-20/h12H,5-9H2,1-4H3/t12-/m0/s1. The minimum atomic E-state index is -0.106. The maximum atomic E-state index is 12.7. The van der Waals surface area contributed by atoms with Gasteiger partial charge in [-0.15, -0.1) is 11.3 Å². The third-order valence-electron chi connectivity index (χ3n) is 4.41. The second-order valence-electron chi connectivity index (χ2n) is 6.19. The molecule has 0 spiro atoms. The Labute approximate surface area is 145 Å². The number of thioether (sulfide) groups is 1. The van der Waals surface area contributed by atoms with Crippen molar-refractivity contribution < 1.29 is 4.79 Å². The van der Waals surface area contributed by atoms with Crippen LogP contribution in [0, 0.1) is 20.8 Å². The van der Waals surface area contributed by atoms with E-state index in [1.807, 2.05) is 18.7 Å². The zero-order valence-electron chi connectivity index (χ0n) is 14.2. The molecule has 3 rings (SSSR count). The van der Waals surface area contributed by atoms with Gasteiger partial charge in [0, 0.05) is 23.4 Å². The molecule has 0 unspecified atom stereocenters. The maximum absolute atomic E-state index is 12.7. The Morgan fingerprint density at radius 1 is 1.17 bits per heavy atom. The van der Waals surface area contributed by atoms with Crippen molar-refractivity contribution in [3.8, 4) is 0 Å². The molecule has 0 aromatic carbocycles. The van der Waals surface area contributed by atoms with E-state index in [1.54, 1.807) is 23.1 Å². The molecule has 0 saturated carbocycles. The highest BCUT2D eigenvalue weighted by Gasteiger charge is 2.25. The molecule has 1 aliphatic heterocycles. The van der Waals surface area contributed by atoms with Gasteiger partial charge in [-0.05, 0) is 52.5 Å². The van der Waals surface area contributed by atoms with Gasteiger partial charge in [-0.25, -0.2) is 9.97 Å². The number of fused-ring (bicyclic) bond motifs is 1. The molecule has 124 valence electrons. The van der Waals surface area contributed by atoms with Crippen molar-refractivity contribution in [3.63, 3.8) is 0 Å². The van der Waals surface area contributed by atoms with Gasteiger partial charge in [0.1, 0.15) is 15.7 Å². The first-order valence-electron chi connectivity index (χ1n) is 8.17. The second kappa shape index (κ2) is 6.77. The number of aryl methyl sites for hydroxylation is 3. The minimum absolute atomic E-state index is 0.106. The molecule has 0 aliphatic carbocycles. The van der Waals surface area contributed by atoms with Crippen LogP contribution < -0.4 is 0 Å². The molecule has 1 aliphatic rings. The van der Waals surface area contributed by atoms with Crippen LogP contribution in [0.5, 0.6) is 0 Å². The van der Waals surface area contributed by atoms with Crippen LogP contribution in [0.4, 0.5) is 0 Å². The molecule has 0 bridgehead atoms. The number of rotatable bonds is 3. The number of carbonyl (C=O) groups is 1. The number of hydrogen-bond acceptors (Lipinski definition) is 5. The first-order chi connectivity index (χ1) is 11.0. The zero-order valence-corrected chi connectivity index (χ0v) is 15.8. The molecule has 1 amide bonds. The number of thiophene rings is 1. The molecular formula is C17H23N3OS2. The molecule has 1 atom stereocenters. The van der Waals surface area contributed by atoms with Crippen LogP contribution in [0.3, 0.4) is 0 Å². The lowest BCUT2D eigenvalue weighted by atomic mass is 10.1. The summed E-state index contributed by atoms with van der Waals surface area (Å²) < 4.78 is 0. The topological polar surface area (TPSA) is 46.1 Å². The molecule has 23 heavy (non-hydrogen) atoms. The summed E-state index contributed by atoms with van der Waals surface area (Å²) in [4.78, 5) is 26.2. The normalized spacial score (nSPS) is 16.8. The smallest absolute Gasteiger partial charge is 0.235 e. The highest BCUT2D eigenvalue weighted by Crippen LogP contribution is 2.36. The van der Waals surface area contributed by atoms with Gasteiger partial charge in [-0.3, -0.25) is 4.79 Å². The molecule has 2 aromatic heterocycles. The van der Waals surface area contributed by atoms with Gasteiger partial charge in [-0.2, -0.15) is 0 Å². The average molecular weight is 350 g/mol. The predicted molar refractivity (Wildman–Crippen MR) is 97.4 cm³/mol. The molecule has 3 heterocycles. The van der Waals surface area contributed by atoms with E-state index in [-0.39, 0.29) is 11.2 Å². The number of carbonyl (C=O) groups excluding carboxylic acids is 1. The van der Waals surface area contributed by atoms with Crippen LogP contribution >= 0.6 is 23.1 Å². The summed E-state index contributed by atoms with van der Waals surface area (Å²) in [7, 11) is 0. The zero-order chi connectivity index (χ0) is 16.6. The van der Waals surface area contributed by atoms with Gasteiger partial charge in [-0.1, -0.05) is 11.8 Å². The van der Waals surface area contributed by atoms with Gasteiger partial charge in [0.05, 0.1) is 5.25 Å². The van der Waals surface area contributed by atoms with Gasteiger partial charge in [0.25, 0.3) is 0 Å². The fraction of sp³-hybridized carbons (Fsp3) is 0.588. The van der Waals surface area contributed by atoms with Crippen molar-refractivity contribution >= 4 is 39.2 Å². The average Bonchev–Trinajstić information content (AvgIpc) is 2.81. The number of nitrogens with zero attached hydrogens (tertiary/aromatic N) is 3. The van der Waals surface area contributed by atoms with Crippen molar-refractivity contribution in [2.45, 2.75) is 57.2 Å². The number of likely N-dealkylation sites (tertiary alicyclic amines) is 1. The van der Waals surface area contributed by atoms with Gasteiger partial charge >= 0.3 is 0 Å². The van der Waals surface area contributed by atoms with Crippen molar-refractivity contribution in [2.75, 3.05) is 13.1 Å². The van der Waals surface area contributed by atoms with E-state index < -0.39 is 0 Å². The molecule has 2 aromatic rings. The van der Waals surface area contributed by atoms with E-state index >= 15 is 0 Å². The van der Waals surface area contributed by atoms with Crippen molar-refractivity contribution in [1.29, 1.82) is 0 Å². The quantitative estimate of drug-likeness (QED) is 0.618. The van der Waals surface area contributed by atoms with E-state index in [9.17, 15) is 4.79 Å². The summed E-state index contributed by atoms with van der Waals surface area (Å²) in [6, 6.07) is 0. The first-order valence-corrected chi connectivity index (χ1v) is 9.86. The van der Waals surface area contributed by atoms with Gasteiger partial charge < -0.3 is 4.90 Å². The van der Waals surface area contributed by atoms with E-state index in [0.29, 0.717) is 0 Å². The Kier molecular flexibility index (Phi) is 4.92. The Morgan fingerprint density at radius 2 is 1.87 bits per heavy atom. The Balaban J connectivity index is 1.87. The van der Waals surface area contributed by atoms with E-state index in [1.165, 1.54) is 16.9 Å². The molecular weight excluding hydrogens is 326 g/mol. The third-order valence-corrected chi connectivity index (χ3v) is 6.59. The van der Waals surface area contributed by atoms with Gasteiger partial charge in [0.15, 0.2) is 0 Å². The summed E-state index contributed by atoms with van der Waals surface area (Å²) in [5, 5.41) is 1.97. The predicted octanol–water partition coefficient (Wildman–Crippen LogP) is 4.11. The summed E-state index contributed by atoms with van der Waals surface area (Å²) in [5.74, 6) is 1.02. The maximum Gasteiger partial charge on any atom is 0.235 e. The van der Waals surface area contributed by atoms with Crippen LogP contribution in [0.1, 0.15) is 42.5 Å². The van der Waals surface area contributed by atoms with Crippen molar-refractivity contribution in [1.82, 2.24) is 14.9 Å². The van der Waals surface area contributed by atoms with Crippen molar-refractivity contribution in [3.05, 3.63) is 16.3 Å². The molecule has 4 nitrogen and oxygen atoms in total. The fourth-order valence-electron chi connectivity index (χ4n) is 2.99. The molecule has 0 N–H and O–H groups in total. The molecule has 0 radical (unpaired) electrons. The summed E-state index contributed by atoms with van der Waals surface area (Å²) in [5.41, 5.74) is 1.24. The highest BCUT2D eigenvalue weighted by molar-refractivity contribution is 8.00. The third kappa shape index (κ3) is 3.38.